The van der Waals surface area contributed by atoms with Gasteiger partial charge in [0.1, 0.15) is 5.75 Å². The highest BCUT2D eigenvalue weighted by Crippen LogP contribution is 2.22. The van der Waals surface area contributed by atoms with Crippen LogP contribution >= 0.6 is 0 Å². The van der Waals surface area contributed by atoms with Crippen LogP contribution in [0.25, 0.3) is 0 Å². The van der Waals surface area contributed by atoms with Crippen LogP contribution in [0, 0.1) is 0 Å². The van der Waals surface area contributed by atoms with E-state index in [-0.39, 0.29) is 5.91 Å². The number of nitrogens with one attached hydrogen (secondary N) is 2. The minimum Gasteiger partial charge on any atom is -0.494 e. The van der Waals surface area contributed by atoms with E-state index in [9.17, 15) is 4.79 Å². The molecule has 0 spiro atoms. The van der Waals surface area contributed by atoms with E-state index in [0.29, 0.717) is 6.61 Å². The first-order chi connectivity index (χ1) is 8.64. The van der Waals surface area contributed by atoms with Gasteiger partial charge in [-0.1, -0.05) is 6.07 Å². The van der Waals surface area contributed by atoms with E-state index >= 15 is 0 Å². The maximum Gasteiger partial charge on any atom is 0.244 e. The fourth-order valence-electron chi connectivity index (χ4n) is 2.19. The topological polar surface area (TPSA) is 50.4 Å². The molecule has 1 aliphatic rings. The lowest BCUT2D eigenvalue weighted by Gasteiger charge is -2.23. The SMILES string of the molecule is CCOc1cccc(NC(=O)C2(C)CCCN2)c1. The highest BCUT2D eigenvalue weighted by atomic mass is 16.5. The first-order valence-electron chi connectivity index (χ1n) is 6.43. The molecule has 1 amide bonds. The molecule has 1 atom stereocenters. The number of ether oxygens (including phenoxy) is 1. The van der Waals surface area contributed by atoms with Crippen LogP contribution in [0.3, 0.4) is 0 Å². The van der Waals surface area contributed by atoms with Gasteiger partial charge in [-0.3, -0.25) is 4.79 Å². The highest BCUT2D eigenvalue weighted by Gasteiger charge is 2.35. The molecule has 1 saturated heterocycles. The van der Waals surface area contributed by atoms with Gasteiger partial charge in [-0.05, 0) is 45.4 Å². The smallest absolute Gasteiger partial charge is 0.244 e. The maximum atomic E-state index is 12.2. The summed E-state index contributed by atoms with van der Waals surface area (Å²) in [5, 5.41) is 6.19. The van der Waals surface area contributed by atoms with Crippen molar-refractivity contribution in [3.63, 3.8) is 0 Å². The van der Waals surface area contributed by atoms with Crippen molar-refractivity contribution >= 4 is 11.6 Å². The van der Waals surface area contributed by atoms with Gasteiger partial charge in [-0.2, -0.15) is 0 Å². The molecule has 0 bridgehead atoms. The zero-order chi connectivity index (χ0) is 13.0. The van der Waals surface area contributed by atoms with Gasteiger partial charge in [-0.15, -0.1) is 0 Å². The molecule has 2 N–H and O–H groups in total. The normalized spacial score (nSPS) is 22.8. The monoisotopic (exact) mass is 248 g/mol. The molecule has 1 aromatic rings. The van der Waals surface area contributed by atoms with Gasteiger partial charge in [0.15, 0.2) is 0 Å². The standard InChI is InChI=1S/C14H20N2O2/c1-3-18-12-7-4-6-11(10-12)16-13(17)14(2)8-5-9-15-14/h4,6-7,10,15H,3,5,8-9H2,1-2H3,(H,16,17). The number of carbonyl (C=O) groups excluding carboxylic acids is 1. The molecule has 18 heavy (non-hydrogen) atoms. The predicted octanol–water partition coefficient (Wildman–Crippen LogP) is 2.17. The van der Waals surface area contributed by atoms with Gasteiger partial charge in [-0.25, -0.2) is 0 Å². The van der Waals surface area contributed by atoms with E-state index in [4.69, 9.17) is 4.74 Å². The Balaban J connectivity index is 2.04. The Morgan fingerprint density at radius 1 is 1.56 bits per heavy atom. The van der Waals surface area contributed by atoms with E-state index in [1.807, 2.05) is 38.1 Å². The van der Waals surface area contributed by atoms with Gasteiger partial charge in [0, 0.05) is 11.8 Å². The number of carbonyl (C=O) groups is 1. The Labute approximate surface area is 108 Å². The van der Waals surface area contributed by atoms with Crippen molar-refractivity contribution in [2.24, 2.45) is 0 Å². The molecule has 0 saturated carbocycles. The van der Waals surface area contributed by atoms with Crippen LogP contribution in [-0.2, 0) is 4.79 Å². The van der Waals surface area contributed by atoms with Gasteiger partial charge >= 0.3 is 0 Å². The number of hydrogen-bond donors (Lipinski definition) is 2. The van der Waals surface area contributed by atoms with Crippen LogP contribution in [0.2, 0.25) is 0 Å². The van der Waals surface area contributed by atoms with Crippen LogP contribution in [0.5, 0.6) is 5.75 Å². The molecule has 1 unspecified atom stereocenters. The van der Waals surface area contributed by atoms with Gasteiger partial charge < -0.3 is 15.4 Å². The molecule has 98 valence electrons. The Bertz CT molecular complexity index is 426. The average Bonchev–Trinajstić information content (AvgIpc) is 2.78. The summed E-state index contributed by atoms with van der Waals surface area (Å²) in [5.41, 5.74) is 0.336. The summed E-state index contributed by atoms with van der Waals surface area (Å²) in [6, 6.07) is 7.48. The first kappa shape index (κ1) is 12.9. The van der Waals surface area contributed by atoms with Crippen molar-refractivity contribution in [2.75, 3.05) is 18.5 Å². The lowest BCUT2D eigenvalue weighted by Crippen LogP contribution is -2.47. The van der Waals surface area contributed by atoms with E-state index in [1.165, 1.54) is 0 Å². The Morgan fingerprint density at radius 2 is 2.39 bits per heavy atom. The second-order valence-electron chi connectivity index (χ2n) is 4.78. The molecule has 4 heteroatoms. The molecular formula is C14H20N2O2. The predicted molar refractivity (Wildman–Crippen MR) is 71.9 cm³/mol. The number of anilines is 1. The van der Waals surface area contributed by atoms with E-state index in [0.717, 1.165) is 30.8 Å². The molecule has 0 aliphatic carbocycles. The lowest BCUT2D eigenvalue weighted by molar-refractivity contribution is -0.121. The third kappa shape index (κ3) is 2.82. The summed E-state index contributed by atoms with van der Waals surface area (Å²) < 4.78 is 5.41. The van der Waals surface area contributed by atoms with Gasteiger partial charge in [0.05, 0.1) is 12.1 Å². The minimum absolute atomic E-state index is 0.0219. The fourth-order valence-corrected chi connectivity index (χ4v) is 2.19. The van der Waals surface area contributed by atoms with Crippen molar-refractivity contribution in [1.29, 1.82) is 0 Å². The van der Waals surface area contributed by atoms with Crippen molar-refractivity contribution < 1.29 is 9.53 Å². The van der Waals surface area contributed by atoms with Crippen molar-refractivity contribution in [2.45, 2.75) is 32.2 Å². The third-order valence-electron chi connectivity index (χ3n) is 3.27. The van der Waals surface area contributed by atoms with Crippen LogP contribution in [0.1, 0.15) is 26.7 Å². The maximum absolute atomic E-state index is 12.2. The fraction of sp³-hybridized carbons (Fsp3) is 0.500. The minimum atomic E-state index is -0.443. The Morgan fingerprint density at radius 3 is 3.06 bits per heavy atom. The molecule has 1 fully saturated rings. The summed E-state index contributed by atoms with van der Waals surface area (Å²) in [6.07, 6.45) is 1.92. The van der Waals surface area contributed by atoms with Crippen LogP contribution in [-0.4, -0.2) is 24.6 Å². The summed E-state index contributed by atoms with van der Waals surface area (Å²) >= 11 is 0. The lowest BCUT2D eigenvalue weighted by atomic mass is 9.99. The summed E-state index contributed by atoms with van der Waals surface area (Å²) in [4.78, 5) is 12.2. The molecule has 0 aromatic heterocycles. The second-order valence-corrected chi connectivity index (χ2v) is 4.78. The van der Waals surface area contributed by atoms with E-state index in [2.05, 4.69) is 10.6 Å². The number of rotatable bonds is 4. The van der Waals surface area contributed by atoms with Gasteiger partial charge in [0.2, 0.25) is 5.91 Å². The van der Waals surface area contributed by atoms with Crippen LogP contribution in [0.15, 0.2) is 24.3 Å². The number of benzene rings is 1. The van der Waals surface area contributed by atoms with E-state index < -0.39 is 5.54 Å². The molecule has 1 aliphatic heterocycles. The summed E-state index contributed by atoms with van der Waals surface area (Å²) in [5.74, 6) is 0.800. The molecule has 4 nitrogen and oxygen atoms in total. The zero-order valence-corrected chi connectivity index (χ0v) is 11.0. The Kier molecular flexibility index (Phi) is 3.87. The summed E-state index contributed by atoms with van der Waals surface area (Å²) in [7, 11) is 0. The molecular weight excluding hydrogens is 228 g/mol. The van der Waals surface area contributed by atoms with Crippen LogP contribution in [0.4, 0.5) is 5.69 Å². The molecule has 0 radical (unpaired) electrons. The van der Waals surface area contributed by atoms with Crippen molar-refractivity contribution in [3.05, 3.63) is 24.3 Å². The highest BCUT2D eigenvalue weighted by molar-refractivity contribution is 5.98. The number of hydrogen-bond acceptors (Lipinski definition) is 3. The third-order valence-corrected chi connectivity index (χ3v) is 3.27. The molecule has 1 aromatic carbocycles. The van der Waals surface area contributed by atoms with E-state index in [1.54, 1.807) is 0 Å². The second kappa shape index (κ2) is 5.40. The number of amides is 1. The molecule has 2 rings (SSSR count). The van der Waals surface area contributed by atoms with Gasteiger partial charge in [0.25, 0.3) is 0 Å². The zero-order valence-electron chi connectivity index (χ0n) is 11.0. The van der Waals surface area contributed by atoms with Crippen molar-refractivity contribution in [1.82, 2.24) is 5.32 Å². The molecule has 1 heterocycles. The first-order valence-corrected chi connectivity index (χ1v) is 6.43. The Hall–Kier alpha value is -1.55. The average molecular weight is 248 g/mol. The van der Waals surface area contributed by atoms with Crippen LogP contribution < -0.4 is 15.4 Å². The van der Waals surface area contributed by atoms with Crippen molar-refractivity contribution in [3.8, 4) is 5.75 Å². The largest absolute Gasteiger partial charge is 0.494 e. The summed E-state index contributed by atoms with van der Waals surface area (Å²) in [6.45, 7) is 5.41. The quantitative estimate of drug-likeness (QED) is 0.858.